The van der Waals surface area contributed by atoms with Gasteiger partial charge in [0.25, 0.3) is 0 Å². The number of piperidine rings is 1. The smallest absolute Gasteiger partial charge is 0.243 e. The van der Waals surface area contributed by atoms with Crippen molar-refractivity contribution in [3.05, 3.63) is 42.4 Å². The molecule has 0 unspecified atom stereocenters. The standard InChI is InChI=1S/C21H27N5O4S/c1-2-11-26-20-8-7-18(14-19(20)23-24-26)31(28,29)25-12-3-5-16(15-25)21(27)22-10-9-17-6-4-13-30-17/h4,6-8,13-14,16H,2-3,5,9-12,15H2,1H3,(H,22,27)/t16-/m0/s1. The number of hydrogen-bond acceptors (Lipinski definition) is 6. The Morgan fingerprint density at radius 1 is 1.32 bits per heavy atom. The highest BCUT2D eigenvalue weighted by Crippen LogP contribution is 2.26. The molecule has 10 heteroatoms. The van der Waals surface area contributed by atoms with E-state index in [9.17, 15) is 13.2 Å². The molecule has 1 aliphatic heterocycles. The highest BCUT2D eigenvalue weighted by atomic mass is 32.2. The minimum Gasteiger partial charge on any atom is -0.469 e. The summed E-state index contributed by atoms with van der Waals surface area (Å²) in [6.45, 7) is 3.81. The van der Waals surface area contributed by atoms with Crippen LogP contribution in [0.15, 0.2) is 45.9 Å². The summed E-state index contributed by atoms with van der Waals surface area (Å²) in [6, 6.07) is 8.58. The molecule has 1 N–H and O–H groups in total. The van der Waals surface area contributed by atoms with E-state index in [0.717, 1.165) is 24.2 Å². The molecule has 1 aliphatic rings. The number of sulfonamides is 1. The third kappa shape index (κ3) is 4.64. The first kappa shape index (κ1) is 21.5. The highest BCUT2D eigenvalue weighted by molar-refractivity contribution is 7.89. The highest BCUT2D eigenvalue weighted by Gasteiger charge is 2.33. The Balaban J connectivity index is 1.43. The third-order valence-corrected chi connectivity index (χ3v) is 7.43. The van der Waals surface area contributed by atoms with E-state index in [2.05, 4.69) is 15.6 Å². The number of carbonyl (C=O) groups is 1. The van der Waals surface area contributed by atoms with Gasteiger partial charge in [0.1, 0.15) is 11.3 Å². The van der Waals surface area contributed by atoms with E-state index in [1.54, 1.807) is 29.1 Å². The van der Waals surface area contributed by atoms with Crippen molar-refractivity contribution in [2.24, 2.45) is 5.92 Å². The number of rotatable bonds is 8. The second kappa shape index (κ2) is 9.19. The van der Waals surface area contributed by atoms with Crippen molar-refractivity contribution in [1.29, 1.82) is 0 Å². The van der Waals surface area contributed by atoms with Crippen LogP contribution in [-0.4, -0.2) is 53.3 Å². The van der Waals surface area contributed by atoms with Crippen molar-refractivity contribution in [3.8, 4) is 0 Å². The fourth-order valence-electron chi connectivity index (χ4n) is 3.92. The van der Waals surface area contributed by atoms with Crippen LogP contribution in [-0.2, 0) is 27.8 Å². The van der Waals surface area contributed by atoms with Gasteiger partial charge in [0.15, 0.2) is 0 Å². The van der Waals surface area contributed by atoms with Gasteiger partial charge in [0.05, 0.1) is 22.6 Å². The molecule has 0 spiro atoms. The number of hydrogen-bond donors (Lipinski definition) is 1. The molecule has 3 heterocycles. The molecule has 1 saturated heterocycles. The summed E-state index contributed by atoms with van der Waals surface area (Å²) < 4.78 is 34.9. The van der Waals surface area contributed by atoms with Crippen LogP contribution in [0, 0.1) is 5.92 Å². The zero-order chi connectivity index (χ0) is 21.8. The zero-order valence-corrected chi connectivity index (χ0v) is 18.3. The maximum atomic E-state index is 13.2. The monoisotopic (exact) mass is 445 g/mol. The largest absolute Gasteiger partial charge is 0.469 e. The Morgan fingerprint density at radius 2 is 2.19 bits per heavy atom. The summed E-state index contributed by atoms with van der Waals surface area (Å²) in [5, 5.41) is 11.1. The SMILES string of the molecule is CCCn1nnc2cc(S(=O)(=O)N3CCC[C@H](C(=O)NCCc4ccco4)C3)ccc21. The summed E-state index contributed by atoms with van der Waals surface area (Å²) >= 11 is 0. The van der Waals surface area contributed by atoms with E-state index in [1.807, 2.05) is 19.1 Å². The Labute approximate surface area is 181 Å². The molecule has 31 heavy (non-hydrogen) atoms. The molecule has 1 aromatic carbocycles. The van der Waals surface area contributed by atoms with Crippen LogP contribution in [0.1, 0.15) is 31.9 Å². The molecule has 0 bridgehead atoms. The summed E-state index contributed by atoms with van der Waals surface area (Å²) in [5.41, 5.74) is 1.37. The number of fused-ring (bicyclic) bond motifs is 1. The number of amides is 1. The van der Waals surface area contributed by atoms with Gasteiger partial charge < -0.3 is 9.73 Å². The van der Waals surface area contributed by atoms with Crippen LogP contribution in [0.3, 0.4) is 0 Å². The van der Waals surface area contributed by atoms with Gasteiger partial charge >= 0.3 is 0 Å². The number of nitrogens with one attached hydrogen (secondary N) is 1. The molecule has 9 nitrogen and oxygen atoms in total. The van der Waals surface area contributed by atoms with Crippen molar-refractivity contribution < 1.29 is 17.6 Å². The van der Waals surface area contributed by atoms with Crippen LogP contribution < -0.4 is 5.32 Å². The van der Waals surface area contributed by atoms with Crippen molar-refractivity contribution in [2.45, 2.75) is 44.0 Å². The Bertz CT molecular complexity index is 1140. The molecule has 2 aromatic heterocycles. The lowest BCUT2D eigenvalue weighted by atomic mass is 9.99. The van der Waals surface area contributed by atoms with E-state index in [1.165, 1.54) is 4.31 Å². The molecule has 3 aromatic rings. The lowest BCUT2D eigenvalue weighted by Gasteiger charge is -2.31. The number of aromatic nitrogens is 3. The minimum absolute atomic E-state index is 0.121. The normalized spacial score (nSPS) is 17.8. The molecule has 1 amide bonds. The first-order valence-electron chi connectivity index (χ1n) is 10.6. The van der Waals surface area contributed by atoms with Gasteiger partial charge in [0.2, 0.25) is 15.9 Å². The van der Waals surface area contributed by atoms with E-state index < -0.39 is 10.0 Å². The molecule has 1 fully saturated rings. The molecule has 166 valence electrons. The van der Waals surface area contributed by atoms with Gasteiger partial charge in [-0.25, -0.2) is 13.1 Å². The van der Waals surface area contributed by atoms with Crippen LogP contribution in [0.2, 0.25) is 0 Å². The minimum atomic E-state index is -3.72. The zero-order valence-electron chi connectivity index (χ0n) is 17.5. The Hall–Kier alpha value is -2.72. The number of benzene rings is 1. The summed E-state index contributed by atoms with van der Waals surface area (Å²) in [6.07, 6.45) is 4.43. The number of nitrogens with zero attached hydrogens (tertiary/aromatic N) is 4. The lowest BCUT2D eigenvalue weighted by molar-refractivity contribution is -0.126. The first-order chi connectivity index (χ1) is 15.0. The van der Waals surface area contributed by atoms with Gasteiger partial charge in [-0.2, -0.15) is 4.31 Å². The quantitative estimate of drug-likeness (QED) is 0.569. The van der Waals surface area contributed by atoms with Gasteiger partial charge in [-0.1, -0.05) is 12.1 Å². The predicted molar refractivity (Wildman–Crippen MR) is 115 cm³/mol. The van der Waals surface area contributed by atoms with Crippen LogP contribution in [0.4, 0.5) is 0 Å². The third-order valence-electron chi connectivity index (χ3n) is 5.56. The van der Waals surface area contributed by atoms with Crippen molar-refractivity contribution in [2.75, 3.05) is 19.6 Å². The summed E-state index contributed by atoms with van der Waals surface area (Å²) in [5.74, 6) is 0.318. The second-order valence-electron chi connectivity index (χ2n) is 7.79. The van der Waals surface area contributed by atoms with E-state index in [-0.39, 0.29) is 23.3 Å². The van der Waals surface area contributed by atoms with Gasteiger partial charge in [-0.15, -0.1) is 5.10 Å². The van der Waals surface area contributed by atoms with Gasteiger partial charge in [-0.05, 0) is 49.6 Å². The first-order valence-corrected chi connectivity index (χ1v) is 12.1. The molecule has 4 rings (SSSR count). The van der Waals surface area contributed by atoms with Crippen molar-refractivity contribution in [1.82, 2.24) is 24.6 Å². The van der Waals surface area contributed by atoms with Crippen LogP contribution >= 0.6 is 0 Å². The van der Waals surface area contributed by atoms with Gasteiger partial charge in [-0.3, -0.25) is 4.79 Å². The average Bonchev–Trinajstić information content (AvgIpc) is 3.44. The number of aryl methyl sites for hydroxylation is 1. The summed E-state index contributed by atoms with van der Waals surface area (Å²) in [7, 11) is -3.72. The molecule has 1 atom stereocenters. The fraction of sp³-hybridized carbons (Fsp3) is 0.476. The maximum Gasteiger partial charge on any atom is 0.243 e. The van der Waals surface area contributed by atoms with Crippen LogP contribution in [0.5, 0.6) is 0 Å². The van der Waals surface area contributed by atoms with Crippen molar-refractivity contribution >= 4 is 27.0 Å². The topological polar surface area (TPSA) is 110 Å². The number of furan rings is 1. The summed E-state index contributed by atoms with van der Waals surface area (Å²) in [4.78, 5) is 12.8. The average molecular weight is 446 g/mol. The van der Waals surface area contributed by atoms with Crippen molar-refractivity contribution in [3.63, 3.8) is 0 Å². The Kier molecular flexibility index (Phi) is 6.38. The second-order valence-corrected chi connectivity index (χ2v) is 9.72. The molecule has 0 aliphatic carbocycles. The molecular weight excluding hydrogens is 418 g/mol. The van der Waals surface area contributed by atoms with E-state index in [4.69, 9.17) is 4.42 Å². The molecule has 0 radical (unpaired) electrons. The lowest BCUT2D eigenvalue weighted by Crippen LogP contribution is -2.45. The molecular formula is C21H27N5O4S. The van der Waals surface area contributed by atoms with E-state index >= 15 is 0 Å². The predicted octanol–water partition coefficient (Wildman–Crippen LogP) is 2.19. The molecule has 0 saturated carbocycles. The Morgan fingerprint density at radius 3 is 2.97 bits per heavy atom. The fourth-order valence-corrected chi connectivity index (χ4v) is 5.47. The van der Waals surface area contributed by atoms with E-state index in [0.29, 0.717) is 37.9 Å². The maximum absolute atomic E-state index is 13.2. The van der Waals surface area contributed by atoms with Gasteiger partial charge in [0, 0.05) is 32.6 Å². The number of carbonyl (C=O) groups excluding carboxylic acids is 1. The van der Waals surface area contributed by atoms with Crippen LogP contribution in [0.25, 0.3) is 11.0 Å².